The van der Waals surface area contributed by atoms with Crippen LogP contribution in [-0.2, 0) is 9.53 Å². The highest BCUT2D eigenvalue weighted by molar-refractivity contribution is 5.97. The van der Waals surface area contributed by atoms with Gasteiger partial charge in [0.15, 0.2) is 5.75 Å². The minimum absolute atomic E-state index is 0.113. The van der Waals surface area contributed by atoms with Crippen LogP contribution in [0.3, 0.4) is 0 Å². The first kappa shape index (κ1) is 14.3. The third-order valence-corrected chi connectivity index (χ3v) is 3.26. The average Bonchev–Trinajstić information content (AvgIpc) is 2.91. The molecule has 2 rings (SSSR count). The molecule has 6 heteroatoms. The first-order chi connectivity index (χ1) is 9.58. The number of para-hydroxylation sites is 1. The fraction of sp³-hybridized carbons (Fsp3) is 0.429. The van der Waals surface area contributed by atoms with E-state index >= 15 is 0 Å². The lowest BCUT2D eigenvalue weighted by Crippen LogP contribution is -2.15. The van der Waals surface area contributed by atoms with Crippen molar-refractivity contribution in [3.8, 4) is 5.75 Å². The Balaban J connectivity index is 1.93. The van der Waals surface area contributed by atoms with Crippen molar-refractivity contribution in [2.45, 2.75) is 31.8 Å². The molecule has 1 saturated heterocycles. The lowest BCUT2D eigenvalue weighted by molar-refractivity contribution is -0.116. The van der Waals surface area contributed by atoms with Crippen LogP contribution in [0.25, 0.3) is 0 Å². The van der Waals surface area contributed by atoms with Gasteiger partial charge < -0.3 is 20.3 Å². The number of nitrogens with one attached hydrogen (secondary N) is 1. The minimum Gasteiger partial charge on any atom is -0.505 e. The largest absolute Gasteiger partial charge is 0.505 e. The number of hydrogen-bond acceptors (Lipinski definition) is 4. The SMILES string of the molecule is O=C(CCC1CCCO1)Nc1cccc(C(=O)O)c1O. The smallest absolute Gasteiger partial charge is 0.339 e. The molecule has 20 heavy (non-hydrogen) atoms. The third-order valence-electron chi connectivity index (χ3n) is 3.26. The number of rotatable bonds is 5. The fourth-order valence-corrected chi connectivity index (χ4v) is 2.19. The Morgan fingerprint density at radius 2 is 2.20 bits per heavy atom. The Hall–Kier alpha value is -2.08. The van der Waals surface area contributed by atoms with Gasteiger partial charge in [0.05, 0.1) is 11.8 Å². The third kappa shape index (κ3) is 3.48. The van der Waals surface area contributed by atoms with Crippen LogP contribution in [0, 0.1) is 0 Å². The van der Waals surface area contributed by atoms with Crippen LogP contribution >= 0.6 is 0 Å². The molecule has 3 N–H and O–H groups in total. The summed E-state index contributed by atoms with van der Waals surface area (Å²) in [5.74, 6) is -1.93. The number of carbonyl (C=O) groups is 2. The van der Waals surface area contributed by atoms with Crippen LogP contribution in [0.15, 0.2) is 18.2 Å². The molecule has 1 fully saturated rings. The molecule has 1 unspecified atom stereocenters. The molecule has 108 valence electrons. The number of anilines is 1. The number of carboxylic acids is 1. The maximum atomic E-state index is 11.8. The van der Waals surface area contributed by atoms with E-state index in [1.165, 1.54) is 18.2 Å². The molecule has 0 aromatic heterocycles. The molecule has 6 nitrogen and oxygen atoms in total. The lowest BCUT2D eigenvalue weighted by atomic mass is 10.1. The van der Waals surface area contributed by atoms with Crippen molar-refractivity contribution in [2.24, 2.45) is 0 Å². The van der Waals surface area contributed by atoms with Crippen LogP contribution in [0.1, 0.15) is 36.0 Å². The van der Waals surface area contributed by atoms with E-state index in [1.807, 2.05) is 0 Å². The summed E-state index contributed by atoms with van der Waals surface area (Å²) in [4.78, 5) is 22.6. The summed E-state index contributed by atoms with van der Waals surface area (Å²) >= 11 is 0. The lowest BCUT2D eigenvalue weighted by Gasteiger charge is -2.11. The Morgan fingerprint density at radius 3 is 2.85 bits per heavy atom. The predicted molar refractivity (Wildman–Crippen MR) is 71.9 cm³/mol. The number of ether oxygens (including phenoxy) is 1. The molecule has 1 aliphatic rings. The summed E-state index contributed by atoms with van der Waals surface area (Å²) in [6.07, 6.45) is 3.02. The molecule has 1 aromatic carbocycles. The number of aromatic hydroxyl groups is 1. The van der Waals surface area contributed by atoms with Gasteiger partial charge in [-0.05, 0) is 31.4 Å². The normalized spacial score (nSPS) is 17.9. The van der Waals surface area contributed by atoms with Crippen LogP contribution in [-0.4, -0.2) is 34.8 Å². The van der Waals surface area contributed by atoms with Gasteiger partial charge >= 0.3 is 5.97 Å². The zero-order valence-electron chi connectivity index (χ0n) is 11.0. The van der Waals surface area contributed by atoms with Gasteiger partial charge in [-0.3, -0.25) is 4.79 Å². The number of amides is 1. The predicted octanol–water partition coefficient (Wildman–Crippen LogP) is 1.99. The van der Waals surface area contributed by atoms with Crippen LogP contribution in [0.4, 0.5) is 5.69 Å². The monoisotopic (exact) mass is 279 g/mol. The first-order valence-electron chi connectivity index (χ1n) is 6.54. The van der Waals surface area contributed by atoms with Crippen LogP contribution in [0.5, 0.6) is 5.75 Å². The molecule has 1 atom stereocenters. The Morgan fingerprint density at radius 1 is 1.40 bits per heavy atom. The Labute approximate surface area is 116 Å². The van der Waals surface area contributed by atoms with E-state index in [1.54, 1.807) is 0 Å². The maximum absolute atomic E-state index is 11.8. The van der Waals surface area contributed by atoms with Gasteiger partial charge in [-0.2, -0.15) is 0 Å². The summed E-state index contributed by atoms with van der Waals surface area (Å²) in [5.41, 5.74) is -0.121. The highest BCUT2D eigenvalue weighted by Gasteiger charge is 2.18. The zero-order valence-corrected chi connectivity index (χ0v) is 11.0. The summed E-state index contributed by atoms with van der Waals surface area (Å²) in [6.45, 7) is 0.744. The van der Waals surface area contributed by atoms with Gasteiger partial charge in [0.2, 0.25) is 5.91 Å². The van der Waals surface area contributed by atoms with Gasteiger partial charge in [0.1, 0.15) is 5.56 Å². The highest BCUT2D eigenvalue weighted by Crippen LogP contribution is 2.27. The molecule has 0 aliphatic carbocycles. The quantitative estimate of drug-likeness (QED) is 0.716. The van der Waals surface area contributed by atoms with Gasteiger partial charge in [0, 0.05) is 13.0 Å². The minimum atomic E-state index is -1.24. The number of carbonyl (C=O) groups excluding carboxylic acids is 1. The van der Waals surface area contributed by atoms with Crippen molar-refractivity contribution in [3.63, 3.8) is 0 Å². The van der Waals surface area contributed by atoms with E-state index in [-0.39, 0.29) is 29.7 Å². The van der Waals surface area contributed by atoms with Crippen molar-refractivity contribution in [3.05, 3.63) is 23.8 Å². The molecule has 0 radical (unpaired) electrons. The van der Waals surface area contributed by atoms with E-state index in [9.17, 15) is 14.7 Å². The molecule has 0 bridgehead atoms. The Kier molecular flexibility index (Phi) is 4.57. The van der Waals surface area contributed by atoms with E-state index in [0.717, 1.165) is 19.4 Å². The van der Waals surface area contributed by atoms with Crippen molar-refractivity contribution in [1.82, 2.24) is 0 Å². The first-order valence-corrected chi connectivity index (χ1v) is 6.54. The van der Waals surface area contributed by atoms with E-state index in [4.69, 9.17) is 9.84 Å². The van der Waals surface area contributed by atoms with Gasteiger partial charge in [-0.25, -0.2) is 4.79 Å². The topological polar surface area (TPSA) is 95.9 Å². The van der Waals surface area contributed by atoms with E-state index in [2.05, 4.69) is 5.32 Å². The van der Waals surface area contributed by atoms with Gasteiger partial charge in [-0.1, -0.05) is 6.07 Å². The molecule has 1 heterocycles. The maximum Gasteiger partial charge on any atom is 0.339 e. The molecular weight excluding hydrogens is 262 g/mol. The summed E-state index contributed by atoms with van der Waals surface area (Å²) in [7, 11) is 0. The van der Waals surface area contributed by atoms with Crippen molar-refractivity contribution >= 4 is 17.6 Å². The highest BCUT2D eigenvalue weighted by atomic mass is 16.5. The average molecular weight is 279 g/mol. The second-order valence-corrected chi connectivity index (χ2v) is 4.73. The number of hydrogen-bond donors (Lipinski definition) is 3. The molecule has 1 amide bonds. The van der Waals surface area contributed by atoms with Gasteiger partial charge in [-0.15, -0.1) is 0 Å². The van der Waals surface area contributed by atoms with Crippen LogP contribution in [0.2, 0.25) is 0 Å². The van der Waals surface area contributed by atoms with Crippen molar-refractivity contribution in [2.75, 3.05) is 11.9 Å². The second-order valence-electron chi connectivity index (χ2n) is 4.73. The summed E-state index contributed by atoms with van der Waals surface area (Å²) in [6, 6.07) is 4.21. The van der Waals surface area contributed by atoms with Crippen LogP contribution < -0.4 is 5.32 Å². The number of benzene rings is 1. The van der Waals surface area contributed by atoms with Crippen molar-refractivity contribution < 1.29 is 24.5 Å². The number of aromatic carboxylic acids is 1. The number of carboxylic acid groups (broad SMARTS) is 1. The number of phenols is 1. The fourth-order valence-electron chi connectivity index (χ4n) is 2.19. The standard InChI is InChI=1S/C14H17NO5/c16-12(7-6-9-3-2-8-20-9)15-11-5-1-4-10(13(11)17)14(18)19/h1,4-5,9,17H,2-3,6-8H2,(H,15,16)(H,18,19). The molecule has 0 spiro atoms. The Bertz CT molecular complexity index is 508. The molecular formula is C14H17NO5. The second kappa shape index (κ2) is 6.38. The van der Waals surface area contributed by atoms with E-state index < -0.39 is 11.7 Å². The molecule has 1 aliphatic heterocycles. The van der Waals surface area contributed by atoms with Crippen molar-refractivity contribution in [1.29, 1.82) is 0 Å². The van der Waals surface area contributed by atoms with Gasteiger partial charge in [0.25, 0.3) is 0 Å². The summed E-state index contributed by atoms with van der Waals surface area (Å²) < 4.78 is 5.42. The zero-order chi connectivity index (χ0) is 14.5. The summed E-state index contributed by atoms with van der Waals surface area (Å²) in [5, 5.41) is 21.2. The molecule has 0 saturated carbocycles. The van der Waals surface area contributed by atoms with E-state index in [0.29, 0.717) is 6.42 Å². The molecule has 1 aromatic rings.